The van der Waals surface area contributed by atoms with Gasteiger partial charge in [-0.25, -0.2) is 9.59 Å². The minimum absolute atomic E-state index is 0.117. The zero-order valence-electron chi connectivity index (χ0n) is 12.2. The van der Waals surface area contributed by atoms with Gasteiger partial charge in [-0.2, -0.15) is 13.2 Å². The van der Waals surface area contributed by atoms with Crippen molar-refractivity contribution in [3.63, 3.8) is 0 Å². The summed E-state index contributed by atoms with van der Waals surface area (Å²) in [4.78, 5) is 26.2. The number of esters is 1. The topological polar surface area (TPSA) is 80.4 Å². The second kappa shape index (κ2) is 5.82. The number of carbonyl (C=O) groups is 2. The highest BCUT2D eigenvalue weighted by molar-refractivity contribution is 5.95. The molecule has 0 saturated heterocycles. The SMILES string of the molecule is COC(=O)NC(C(=O)OC)(c1c[nH]c2ccccc12)C(F)(F)F. The normalized spacial score (nSPS) is 14.1. The van der Waals surface area contributed by atoms with E-state index in [9.17, 15) is 22.8 Å². The van der Waals surface area contributed by atoms with E-state index in [0.717, 1.165) is 20.4 Å². The maximum absolute atomic E-state index is 13.8. The fourth-order valence-corrected chi connectivity index (χ4v) is 2.31. The number of hydrogen-bond donors (Lipinski definition) is 2. The van der Waals surface area contributed by atoms with Crippen molar-refractivity contribution in [2.75, 3.05) is 14.2 Å². The molecule has 23 heavy (non-hydrogen) atoms. The van der Waals surface area contributed by atoms with Crippen LogP contribution < -0.4 is 5.32 Å². The number of rotatable bonds is 3. The Labute approximate surface area is 128 Å². The van der Waals surface area contributed by atoms with Gasteiger partial charge in [-0.3, -0.25) is 5.32 Å². The summed E-state index contributed by atoms with van der Waals surface area (Å²) in [5, 5.41) is 1.70. The number of carbonyl (C=O) groups excluding carboxylic acids is 2. The smallest absolute Gasteiger partial charge is 0.427 e. The van der Waals surface area contributed by atoms with Gasteiger partial charge in [0.05, 0.1) is 14.2 Å². The molecule has 0 spiro atoms. The summed E-state index contributed by atoms with van der Waals surface area (Å²) in [6.07, 6.45) is -5.58. The number of aromatic nitrogens is 1. The van der Waals surface area contributed by atoms with Gasteiger partial charge >= 0.3 is 18.2 Å². The molecule has 2 N–H and O–H groups in total. The molecule has 9 heteroatoms. The van der Waals surface area contributed by atoms with Crippen LogP contribution in [-0.4, -0.2) is 37.4 Å². The van der Waals surface area contributed by atoms with Gasteiger partial charge in [0, 0.05) is 22.7 Å². The van der Waals surface area contributed by atoms with Crippen LogP contribution in [0.3, 0.4) is 0 Å². The van der Waals surface area contributed by atoms with E-state index in [2.05, 4.69) is 14.5 Å². The average Bonchev–Trinajstić information content (AvgIpc) is 2.94. The number of H-pyrrole nitrogens is 1. The number of benzene rings is 1. The Hall–Kier alpha value is -2.71. The molecule has 0 aliphatic rings. The van der Waals surface area contributed by atoms with Crippen LogP contribution in [0, 0.1) is 0 Å². The van der Waals surface area contributed by atoms with Crippen LogP contribution in [0.1, 0.15) is 5.56 Å². The molecule has 0 fully saturated rings. The number of alkyl halides is 3. The molecule has 6 nitrogen and oxygen atoms in total. The fourth-order valence-electron chi connectivity index (χ4n) is 2.31. The highest BCUT2D eigenvalue weighted by atomic mass is 19.4. The molecule has 1 amide bonds. The number of ether oxygens (including phenoxy) is 2. The Morgan fingerprint density at radius 1 is 1.13 bits per heavy atom. The lowest BCUT2D eigenvalue weighted by Crippen LogP contribution is -2.61. The van der Waals surface area contributed by atoms with Crippen molar-refractivity contribution < 1.29 is 32.2 Å². The number of para-hydroxylation sites is 1. The summed E-state index contributed by atoms with van der Waals surface area (Å²) in [5.74, 6) is -1.68. The highest BCUT2D eigenvalue weighted by Crippen LogP contribution is 2.43. The lowest BCUT2D eigenvalue weighted by Gasteiger charge is -2.33. The van der Waals surface area contributed by atoms with Crippen molar-refractivity contribution in [3.8, 4) is 0 Å². The molecule has 0 radical (unpaired) electrons. The number of methoxy groups -OCH3 is 2. The first-order chi connectivity index (χ1) is 10.8. The zero-order valence-corrected chi connectivity index (χ0v) is 12.2. The van der Waals surface area contributed by atoms with Crippen LogP contribution in [0.2, 0.25) is 0 Å². The Balaban J connectivity index is 2.79. The first-order valence-electron chi connectivity index (χ1n) is 6.35. The highest BCUT2D eigenvalue weighted by Gasteiger charge is 2.65. The van der Waals surface area contributed by atoms with Gasteiger partial charge < -0.3 is 14.5 Å². The third kappa shape index (κ3) is 2.58. The molecule has 0 saturated carbocycles. The van der Waals surface area contributed by atoms with Gasteiger partial charge in [-0.1, -0.05) is 18.2 Å². The van der Waals surface area contributed by atoms with Gasteiger partial charge in [0.15, 0.2) is 0 Å². The van der Waals surface area contributed by atoms with E-state index < -0.39 is 29.3 Å². The molecule has 1 unspecified atom stereocenters. The molecule has 2 aromatic rings. The van der Waals surface area contributed by atoms with E-state index in [-0.39, 0.29) is 5.39 Å². The predicted molar refractivity (Wildman–Crippen MR) is 73.6 cm³/mol. The Kier molecular flexibility index (Phi) is 4.22. The largest absolute Gasteiger partial charge is 0.467 e. The average molecular weight is 330 g/mol. The van der Waals surface area contributed by atoms with Gasteiger partial charge in [0.25, 0.3) is 5.54 Å². The van der Waals surface area contributed by atoms with Crippen molar-refractivity contribution in [1.82, 2.24) is 10.3 Å². The van der Waals surface area contributed by atoms with Crippen LogP contribution in [-0.2, 0) is 19.8 Å². The number of nitrogens with one attached hydrogen (secondary N) is 2. The summed E-state index contributed by atoms with van der Waals surface area (Å²) >= 11 is 0. The first-order valence-corrected chi connectivity index (χ1v) is 6.35. The van der Waals surface area contributed by atoms with Crippen molar-refractivity contribution in [3.05, 3.63) is 36.0 Å². The lowest BCUT2D eigenvalue weighted by atomic mass is 9.88. The molecule has 1 aromatic carbocycles. The van der Waals surface area contributed by atoms with Crippen LogP contribution >= 0.6 is 0 Å². The predicted octanol–water partition coefficient (Wildman–Crippen LogP) is 2.45. The fraction of sp³-hybridized carbons (Fsp3) is 0.286. The second-order valence-electron chi connectivity index (χ2n) is 4.60. The molecular weight excluding hydrogens is 317 g/mol. The van der Waals surface area contributed by atoms with Crippen molar-refractivity contribution in [1.29, 1.82) is 0 Å². The Morgan fingerprint density at radius 3 is 2.35 bits per heavy atom. The maximum atomic E-state index is 13.8. The first kappa shape index (κ1) is 16.7. The summed E-state index contributed by atoms with van der Waals surface area (Å²) in [5.41, 5.74) is -3.52. The zero-order chi connectivity index (χ0) is 17.3. The minimum atomic E-state index is -5.17. The van der Waals surface area contributed by atoms with Crippen molar-refractivity contribution in [2.24, 2.45) is 0 Å². The number of hydrogen-bond acceptors (Lipinski definition) is 4. The summed E-state index contributed by atoms with van der Waals surface area (Å²) in [6, 6.07) is 6.05. The van der Waals surface area contributed by atoms with E-state index in [1.807, 2.05) is 0 Å². The minimum Gasteiger partial charge on any atom is -0.467 e. The van der Waals surface area contributed by atoms with Crippen LogP contribution in [0.5, 0.6) is 0 Å². The monoisotopic (exact) mass is 330 g/mol. The van der Waals surface area contributed by atoms with Crippen LogP contribution in [0.25, 0.3) is 10.9 Å². The third-order valence-electron chi connectivity index (χ3n) is 3.39. The Bertz CT molecular complexity index is 741. The van der Waals surface area contributed by atoms with Crippen molar-refractivity contribution >= 4 is 23.0 Å². The molecule has 2 rings (SSSR count). The van der Waals surface area contributed by atoms with Crippen LogP contribution in [0.4, 0.5) is 18.0 Å². The molecule has 1 atom stereocenters. The summed E-state index contributed by atoms with van der Waals surface area (Å²) < 4.78 is 50.0. The number of fused-ring (bicyclic) bond motifs is 1. The number of aromatic amines is 1. The van der Waals surface area contributed by atoms with E-state index in [1.54, 1.807) is 11.4 Å². The standard InChI is InChI=1S/C14H13F3N2O4/c1-22-11(20)13(14(15,16)17,19-12(21)23-2)9-7-18-10-6-4-3-5-8(9)10/h3-7,18H,1-2H3,(H,19,21). The molecule has 0 bridgehead atoms. The van der Waals surface area contributed by atoms with Gasteiger partial charge in [0.2, 0.25) is 0 Å². The molecule has 1 heterocycles. The third-order valence-corrected chi connectivity index (χ3v) is 3.39. The van der Waals surface area contributed by atoms with E-state index >= 15 is 0 Å². The molecule has 0 aliphatic carbocycles. The van der Waals surface area contributed by atoms with Gasteiger partial charge in [0.1, 0.15) is 0 Å². The molecular formula is C14H13F3N2O4. The maximum Gasteiger partial charge on any atom is 0.427 e. The Morgan fingerprint density at radius 2 is 1.78 bits per heavy atom. The van der Waals surface area contributed by atoms with E-state index in [1.165, 1.54) is 18.2 Å². The van der Waals surface area contributed by atoms with Crippen molar-refractivity contribution in [2.45, 2.75) is 11.7 Å². The molecule has 1 aromatic heterocycles. The quantitative estimate of drug-likeness (QED) is 0.847. The second-order valence-corrected chi connectivity index (χ2v) is 4.60. The number of halogens is 3. The number of alkyl carbamates (subject to hydrolysis) is 1. The van der Waals surface area contributed by atoms with E-state index in [0.29, 0.717) is 5.52 Å². The van der Waals surface area contributed by atoms with Gasteiger partial charge in [-0.15, -0.1) is 0 Å². The number of amides is 1. The summed E-state index contributed by atoms with van der Waals surface area (Å²) in [7, 11) is 1.69. The van der Waals surface area contributed by atoms with E-state index in [4.69, 9.17) is 0 Å². The molecule has 0 aliphatic heterocycles. The lowest BCUT2D eigenvalue weighted by molar-refractivity contribution is -0.213. The van der Waals surface area contributed by atoms with Crippen LogP contribution in [0.15, 0.2) is 30.5 Å². The van der Waals surface area contributed by atoms with Gasteiger partial charge in [-0.05, 0) is 6.07 Å². The summed E-state index contributed by atoms with van der Waals surface area (Å²) in [6.45, 7) is 0. The molecule has 124 valence electrons.